The zero-order valence-electron chi connectivity index (χ0n) is 11.1. The third kappa shape index (κ3) is 3.53. The number of likely N-dealkylation sites (tertiary alicyclic amines) is 1. The molecule has 2 heterocycles. The van der Waals surface area contributed by atoms with Crippen molar-refractivity contribution in [2.75, 3.05) is 13.1 Å². The first-order valence-electron chi connectivity index (χ1n) is 6.60. The van der Waals surface area contributed by atoms with Crippen molar-refractivity contribution in [1.29, 1.82) is 0 Å². The molecule has 1 fully saturated rings. The van der Waals surface area contributed by atoms with Crippen LogP contribution >= 0.6 is 11.3 Å². The van der Waals surface area contributed by atoms with Crippen molar-refractivity contribution in [3.63, 3.8) is 0 Å². The molecule has 0 spiro atoms. The number of amides is 1. The summed E-state index contributed by atoms with van der Waals surface area (Å²) in [5.74, 6) is 0.224. The molecule has 0 bridgehead atoms. The summed E-state index contributed by atoms with van der Waals surface area (Å²) in [6.07, 6.45) is 3.54. The molecule has 1 aromatic heterocycles. The number of nitrogens with one attached hydrogen (secondary N) is 1. The van der Waals surface area contributed by atoms with Crippen LogP contribution in [0.4, 0.5) is 0 Å². The molecule has 1 aliphatic heterocycles. The van der Waals surface area contributed by atoms with E-state index in [9.17, 15) is 4.79 Å². The van der Waals surface area contributed by atoms with Crippen molar-refractivity contribution in [2.24, 2.45) is 0 Å². The van der Waals surface area contributed by atoms with Gasteiger partial charge in [-0.25, -0.2) is 4.98 Å². The maximum atomic E-state index is 12.2. The molecule has 1 aliphatic rings. The van der Waals surface area contributed by atoms with Gasteiger partial charge in [-0.3, -0.25) is 4.79 Å². The van der Waals surface area contributed by atoms with Crippen molar-refractivity contribution >= 4 is 17.2 Å². The van der Waals surface area contributed by atoms with E-state index in [0.29, 0.717) is 6.54 Å². The van der Waals surface area contributed by atoms with Crippen LogP contribution in [0.5, 0.6) is 0 Å². The van der Waals surface area contributed by atoms with Crippen LogP contribution in [0.15, 0.2) is 5.38 Å². The molecule has 5 heteroatoms. The topological polar surface area (TPSA) is 45.2 Å². The van der Waals surface area contributed by atoms with Gasteiger partial charge < -0.3 is 10.2 Å². The molecule has 1 aromatic rings. The predicted octanol–water partition coefficient (Wildman–Crippen LogP) is 1.94. The lowest BCUT2D eigenvalue weighted by Gasteiger charge is -2.29. The van der Waals surface area contributed by atoms with Crippen LogP contribution < -0.4 is 5.32 Å². The van der Waals surface area contributed by atoms with Gasteiger partial charge in [-0.15, -0.1) is 11.3 Å². The summed E-state index contributed by atoms with van der Waals surface area (Å²) in [4.78, 5) is 18.5. The van der Waals surface area contributed by atoms with E-state index in [2.05, 4.69) is 10.3 Å². The summed E-state index contributed by atoms with van der Waals surface area (Å²) in [5, 5.41) is 6.38. The highest BCUT2D eigenvalue weighted by molar-refractivity contribution is 7.09. The zero-order chi connectivity index (χ0) is 13.0. The van der Waals surface area contributed by atoms with Gasteiger partial charge in [-0.05, 0) is 33.1 Å². The van der Waals surface area contributed by atoms with Gasteiger partial charge in [0.05, 0.1) is 16.7 Å². The lowest BCUT2D eigenvalue weighted by molar-refractivity contribution is -0.133. The fourth-order valence-corrected chi connectivity index (χ4v) is 2.84. The Bertz CT molecular complexity index is 399. The Morgan fingerprint density at radius 2 is 2.22 bits per heavy atom. The quantitative estimate of drug-likeness (QED) is 0.907. The van der Waals surface area contributed by atoms with E-state index in [1.165, 1.54) is 6.42 Å². The maximum absolute atomic E-state index is 12.2. The van der Waals surface area contributed by atoms with Crippen LogP contribution in [0.1, 0.15) is 36.9 Å². The molecule has 1 atom stereocenters. The Morgan fingerprint density at radius 3 is 2.83 bits per heavy atom. The number of carbonyl (C=O) groups excluding carboxylic acids is 1. The van der Waals surface area contributed by atoms with Gasteiger partial charge in [0.15, 0.2) is 0 Å². The number of thiazole rings is 1. The molecule has 1 N–H and O–H groups in total. The molecule has 1 amide bonds. The van der Waals surface area contributed by atoms with Gasteiger partial charge in [-0.1, -0.05) is 0 Å². The molecule has 2 rings (SSSR count). The van der Waals surface area contributed by atoms with Crippen molar-refractivity contribution in [3.8, 4) is 0 Å². The molecule has 0 aliphatic carbocycles. The Kier molecular flexibility index (Phi) is 4.72. The average Bonchev–Trinajstić information content (AvgIpc) is 2.82. The first-order valence-corrected chi connectivity index (χ1v) is 7.48. The number of nitrogens with zero attached hydrogens (tertiary/aromatic N) is 2. The Labute approximate surface area is 112 Å². The van der Waals surface area contributed by atoms with Crippen LogP contribution in [0.3, 0.4) is 0 Å². The Morgan fingerprint density at radius 1 is 1.50 bits per heavy atom. The molecule has 4 nitrogen and oxygen atoms in total. The normalized spacial score (nSPS) is 17.8. The minimum absolute atomic E-state index is 0.120. The van der Waals surface area contributed by atoms with E-state index < -0.39 is 0 Å². The molecule has 100 valence electrons. The van der Waals surface area contributed by atoms with E-state index in [4.69, 9.17) is 0 Å². The molecule has 1 unspecified atom stereocenters. The highest BCUT2D eigenvalue weighted by Crippen LogP contribution is 2.11. The van der Waals surface area contributed by atoms with E-state index in [-0.39, 0.29) is 11.9 Å². The predicted molar refractivity (Wildman–Crippen MR) is 73.6 cm³/mol. The first-order chi connectivity index (χ1) is 8.66. The van der Waals surface area contributed by atoms with Crippen molar-refractivity contribution in [1.82, 2.24) is 15.2 Å². The van der Waals surface area contributed by atoms with E-state index in [1.54, 1.807) is 11.3 Å². The van der Waals surface area contributed by atoms with Crippen LogP contribution in [-0.2, 0) is 11.3 Å². The molecule has 1 saturated heterocycles. The largest absolute Gasteiger partial charge is 0.341 e. The van der Waals surface area contributed by atoms with E-state index >= 15 is 0 Å². The molecular formula is C13H21N3OS. The van der Waals surface area contributed by atoms with E-state index in [1.807, 2.05) is 24.1 Å². The smallest absolute Gasteiger partial charge is 0.239 e. The minimum atomic E-state index is -0.120. The van der Waals surface area contributed by atoms with Crippen molar-refractivity contribution in [2.45, 2.75) is 45.7 Å². The van der Waals surface area contributed by atoms with Crippen LogP contribution in [0.2, 0.25) is 0 Å². The standard InChI is InChI=1S/C13H21N3OS/c1-10(13(17)16-6-4-3-5-7-16)14-8-12-9-18-11(2)15-12/h9-10,14H,3-8H2,1-2H3. The number of hydrogen-bond acceptors (Lipinski definition) is 4. The summed E-state index contributed by atoms with van der Waals surface area (Å²) >= 11 is 1.65. The Balaban J connectivity index is 1.79. The number of piperidine rings is 1. The van der Waals surface area contributed by atoms with Crippen LogP contribution in [-0.4, -0.2) is 34.9 Å². The average molecular weight is 267 g/mol. The maximum Gasteiger partial charge on any atom is 0.239 e. The van der Waals surface area contributed by atoms with Crippen molar-refractivity contribution in [3.05, 3.63) is 16.1 Å². The van der Waals surface area contributed by atoms with Gasteiger partial charge in [0.1, 0.15) is 0 Å². The zero-order valence-corrected chi connectivity index (χ0v) is 11.9. The van der Waals surface area contributed by atoms with Gasteiger partial charge in [0.2, 0.25) is 5.91 Å². The summed E-state index contributed by atoms with van der Waals surface area (Å²) < 4.78 is 0. The number of rotatable bonds is 4. The van der Waals surface area contributed by atoms with E-state index in [0.717, 1.165) is 36.6 Å². The lowest BCUT2D eigenvalue weighted by atomic mass is 10.1. The number of aromatic nitrogens is 1. The first kappa shape index (κ1) is 13.5. The van der Waals surface area contributed by atoms with Gasteiger partial charge >= 0.3 is 0 Å². The van der Waals surface area contributed by atoms with Gasteiger partial charge in [0.25, 0.3) is 0 Å². The monoisotopic (exact) mass is 267 g/mol. The molecule has 0 saturated carbocycles. The van der Waals surface area contributed by atoms with Gasteiger partial charge in [0, 0.05) is 25.0 Å². The summed E-state index contributed by atoms with van der Waals surface area (Å²) in [6.45, 7) is 6.44. The minimum Gasteiger partial charge on any atom is -0.341 e. The molecular weight excluding hydrogens is 246 g/mol. The third-order valence-electron chi connectivity index (χ3n) is 3.29. The number of aryl methyl sites for hydroxylation is 1. The second-order valence-electron chi connectivity index (χ2n) is 4.85. The van der Waals surface area contributed by atoms with Crippen molar-refractivity contribution < 1.29 is 4.79 Å². The molecule has 0 aromatic carbocycles. The summed E-state index contributed by atoms with van der Waals surface area (Å²) in [6, 6.07) is -0.120. The third-order valence-corrected chi connectivity index (χ3v) is 4.12. The SMILES string of the molecule is Cc1nc(CNC(C)C(=O)N2CCCCC2)cs1. The summed E-state index contributed by atoms with van der Waals surface area (Å²) in [7, 11) is 0. The fourth-order valence-electron chi connectivity index (χ4n) is 2.22. The molecule has 0 radical (unpaired) electrons. The fraction of sp³-hybridized carbons (Fsp3) is 0.692. The van der Waals surface area contributed by atoms with Crippen LogP contribution in [0.25, 0.3) is 0 Å². The van der Waals surface area contributed by atoms with Gasteiger partial charge in [-0.2, -0.15) is 0 Å². The highest BCUT2D eigenvalue weighted by atomic mass is 32.1. The van der Waals surface area contributed by atoms with Crippen LogP contribution in [0, 0.1) is 6.92 Å². The molecule has 18 heavy (non-hydrogen) atoms. The second kappa shape index (κ2) is 6.29. The highest BCUT2D eigenvalue weighted by Gasteiger charge is 2.21. The Hall–Kier alpha value is -0.940. The number of hydrogen-bond donors (Lipinski definition) is 1. The number of carbonyl (C=O) groups is 1. The lowest BCUT2D eigenvalue weighted by Crippen LogP contribution is -2.46. The summed E-state index contributed by atoms with van der Waals surface area (Å²) in [5.41, 5.74) is 1.02. The second-order valence-corrected chi connectivity index (χ2v) is 5.91.